The maximum absolute atomic E-state index is 11.5. The van der Waals surface area contributed by atoms with Crippen LogP contribution in [0.1, 0.15) is 38.1 Å². The topological polar surface area (TPSA) is 60.5 Å². The summed E-state index contributed by atoms with van der Waals surface area (Å²) >= 11 is 0. The Hall–Kier alpha value is -1.62. The van der Waals surface area contributed by atoms with Gasteiger partial charge in [0.2, 0.25) is 0 Å². The van der Waals surface area contributed by atoms with E-state index >= 15 is 0 Å². The first-order valence-corrected chi connectivity index (χ1v) is 7.13. The highest BCUT2D eigenvalue weighted by atomic mass is 16.6. The van der Waals surface area contributed by atoms with Crippen molar-refractivity contribution in [2.45, 2.75) is 40.2 Å². The highest BCUT2D eigenvalue weighted by Gasteiger charge is 2.09. The van der Waals surface area contributed by atoms with Crippen LogP contribution in [-0.4, -0.2) is 30.7 Å². The van der Waals surface area contributed by atoms with Crippen LogP contribution in [-0.2, 0) is 16.1 Å². The molecule has 0 unspecified atom stereocenters. The van der Waals surface area contributed by atoms with Crippen LogP contribution in [0.4, 0.5) is 0 Å². The lowest BCUT2D eigenvalue weighted by Crippen LogP contribution is -2.18. The zero-order valence-corrected chi connectivity index (χ0v) is 12.6. The van der Waals surface area contributed by atoms with Gasteiger partial charge in [0, 0.05) is 12.2 Å². The van der Waals surface area contributed by atoms with Crippen LogP contribution in [0.25, 0.3) is 0 Å². The minimum absolute atomic E-state index is 0.0758. The number of ether oxygens (including phenoxy) is 2. The number of pyridine rings is 1. The number of carbonyl (C=O) groups is 1. The smallest absolute Gasteiger partial charge is 0.344 e. The maximum atomic E-state index is 11.5. The van der Waals surface area contributed by atoms with Crippen LogP contribution in [0.3, 0.4) is 0 Å². The fourth-order valence-electron chi connectivity index (χ4n) is 1.61. The van der Waals surface area contributed by atoms with Gasteiger partial charge in [-0.2, -0.15) is 0 Å². The lowest BCUT2D eigenvalue weighted by Gasteiger charge is -2.11. The van der Waals surface area contributed by atoms with Gasteiger partial charge in [0.15, 0.2) is 6.61 Å². The van der Waals surface area contributed by atoms with E-state index in [0.29, 0.717) is 18.9 Å². The summed E-state index contributed by atoms with van der Waals surface area (Å²) in [5.74, 6) is 0.289. The van der Waals surface area contributed by atoms with Crippen molar-refractivity contribution in [1.29, 1.82) is 0 Å². The second kappa shape index (κ2) is 9.31. The number of esters is 1. The second-order valence-electron chi connectivity index (χ2n) is 4.54. The van der Waals surface area contributed by atoms with E-state index in [0.717, 1.165) is 30.8 Å². The molecule has 1 aromatic heterocycles. The molecular weight excluding hydrogens is 256 g/mol. The molecule has 20 heavy (non-hydrogen) atoms. The van der Waals surface area contributed by atoms with Gasteiger partial charge in [-0.3, -0.25) is 4.98 Å². The summed E-state index contributed by atoms with van der Waals surface area (Å²) in [5, 5.41) is 3.20. The molecule has 1 N–H and O–H groups in total. The quantitative estimate of drug-likeness (QED) is 0.555. The van der Waals surface area contributed by atoms with Crippen LogP contribution < -0.4 is 10.1 Å². The third-order valence-electron chi connectivity index (χ3n) is 2.72. The van der Waals surface area contributed by atoms with Crippen molar-refractivity contribution in [3.8, 4) is 5.75 Å². The van der Waals surface area contributed by atoms with E-state index in [4.69, 9.17) is 9.47 Å². The second-order valence-corrected chi connectivity index (χ2v) is 4.54. The summed E-state index contributed by atoms with van der Waals surface area (Å²) in [5.41, 5.74) is 1.74. The van der Waals surface area contributed by atoms with Gasteiger partial charge in [-0.15, -0.1) is 0 Å². The maximum Gasteiger partial charge on any atom is 0.344 e. The highest BCUT2D eigenvalue weighted by Crippen LogP contribution is 2.16. The highest BCUT2D eigenvalue weighted by molar-refractivity contribution is 5.71. The molecule has 0 radical (unpaired) electrons. The van der Waals surface area contributed by atoms with E-state index in [1.807, 2.05) is 26.0 Å². The zero-order valence-electron chi connectivity index (χ0n) is 12.6. The molecule has 1 rings (SSSR count). The van der Waals surface area contributed by atoms with Crippen molar-refractivity contribution in [3.63, 3.8) is 0 Å². The van der Waals surface area contributed by atoms with Crippen LogP contribution >= 0.6 is 0 Å². The minimum Gasteiger partial charge on any atom is -0.480 e. The first-order chi connectivity index (χ1) is 9.67. The van der Waals surface area contributed by atoms with Gasteiger partial charge in [0.25, 0.3) is 0 Å². The van der Waals surface area contributed by atoms with Gasteiger partial charge < -0.3 is 14.8 Å². The standard InChI is InChI=1S/C15H24N2O3/c1-4-6-9-19-15(18)11-20-14-8-7-12(3)17-13(14)10-16-5-2/h7-8,16H,4-6,9-11H2,1-3H3. The minimum atomic E-state index is -0.339. The number of hydrogen-bond donors (Lipinski definition) is 1. The molecule has 0 bridgehead atoms. The molecule has 1 heterocycles. The van der Waals surface area contributed by atoms with Crippen LogP contribution in [0.5, 0.6) is 5.75 Å². The average molecular weight is 280 g/mol. The summed E-state index contributed by atoms with van der Waals surface area (Å²) < 4.78 is 10.6. The Bertz CT molecular complexity index is 422. The van der Waals surface area contributed by atoms with E-state index in [1.165, 1.54) is 0 Å². The Morgan fingerprint density at radius 2 is 2.15 bits per heavy atom. The molecule has 0 amide bonds. The van der Waals surface area contributed by atoms with E-state index in [9.17, 15) is 4.79 Å². The Morgan fingerprint density at radius 1 is 1.35 bits per heavy atom. The monoisotopic (exact) mass is 280 g/mol. The van der Waals surface area contributed by atoms with Crippen molar-refractivity contribution in [1.82, 2.24) is 10.3 Å². The molecule has 0 spiro atoms. The number of hydrogen-bond acceptors (Lipinski definition) is 5. The molecule has 1 aromatic rings. The summed E-state index contributed by atoms with van der Waals surface area (Å²) in [6.45, 7) is 7.87. The van der Waals surface area contributed by atoms with Gasteiger partial charge in [0.1, 0.15) is 5.75 Å². The molecule has 0 atom stereocenters. The summed E-state index contributed by atoms with van der Waals surface area (Å²) in [6, 6.07) is 3.71. The number of unbranched alkanes of at least 4 members (excludes halogenated alkanes) is 1. The first kappa shape index (κ1) is 16.4. The van der Waals surface area contributed by atoms with E-state index in [2.05, 4.69) is 17.2 Å². The Balaban J connectivity index is 2.51. The zero-order chi connectivity index (χ0) is 14.8. The van der Waals surface area contributed by atoms with Gasteiger partial charge in [-0.05, 0) is 32.0 Å². The molecule has 0 aliphatic heterocycles. The molecule has 5 nitrogen and oxygen atoms in total. The van der Waals surface area contributed by atoms with Gasteiger partial charge >= 0.3 is 5.97 Å². The number of nitrogens with one attached hydrogen (secondary N) is 1. The number of nitrogens with zero attached hydrogens (tertiary/aromatic N) is 1. The largest absolute Gasteiger partial charge is 0.480 e. The molecular formula is C15H24N2O3. The summed E-state index contributed by atoms with van der Waals surface area (Å²) in [4.78, 5) is 15.9. The Morgan fingerprint density at radius 3 is 2.85 bits per heavy atom. The molecule has 112 valence electrons. The third kappa shape index (κ3) is 6.02. The van der Waals surface area contributed by atoms with E-state index in [1.54, 1.807) is 0 Å². The van der Waals surface area contributed by atoms with Crippen LogP contribution in [0.2, 0.25) is 0 Å². The van der Waals surface area contributed by atoms with Crippen molar-refractivity contribution in [3.05, 3.63) is 23.5 Å². The molecule has 0 saturated carbocycles. The van der Waals surface area contributed by atoms with E-state index in [-0.39, 0.29) is 12.6 Å². The molecule has 0 fully saturated rings. The molecule has 0 aliphatic carbocycles. The van der Waals surface area contributed by atoms with Crippen molar-refractivity contribution >= 4 is 5.97 Å². The van der Waals surface area contributed by atoms with Crippen molar-refractivity contribution in [2.24, 2.45) is 0 Å². The third-order valence-corrected chi connectivity index (χ3v) is 2.72. The number of carbonyl (C=O) groups excluding carboxylic acids is 1. The van der Waals surface area contributed by atoms with Gasteiger partial charge in [0.05, 0.1) is 12.3 Å². The lowest BCUT2D eigenvalue weighted by molar-refractivity contribution is -0.146. The number of rotatable bonds is 9. The van der Waals surface area contributed by atoms with Crippen molar-refractivity contribution in [2.75, 3.05) is 19.8 Å². The predicted molar refractivity (Wildman–Crippen MR) is 77.7 cm³/mol. The molecule has 0 saturated heterocycles. The molecule has 0 aromatic carbocycles. The van der Waals surface area contributed by atoms with Crippen molar-refractivity contribution < 1.29 is 14.3 Å². The van der Waals surface area contributed by atoms with Gasteiger partial charge in [-0.25, -0.2) is 4.79 Å². The van der Waals surface area contributed by atoms with Gasteiger partial charge in [-0.1, -0.05) is 20.3 Å². The average Bonchev–Trinajstić information content (AvgIpc) is 2.44. The molecule has 5 heteroatoms. The number of aromatic nitrogens is 1. The summed E-state index contributed by atoms with van der Waals surface area (Å²) in [6.07, 6.45) is 1.88. The normalized spacial score (nSPS) is 10.3. The predicted octanol–water partition coefficient (Wildman–Crippen LogP) is 2.22. The van der Waals surface area contributed by atoms with E-state index < -0.39 is 0 Å². The summed E-state index contributed by atoms with van der Waals surface area (Å²) in [7, 11) is 0. The SMILES string of the molecule is CCCCOC(=O)COc1ccc(C)nc1CNCC. The Kier molecular flexibility index (Phi) is 7.65. The molecule has 0 aliphatic rings. The van der Waals surface area contributed by atoms with Crippen LogP contribution in [0.15, 0.2) is 12.1 Å². The fourth-order valence-corrected chi connectivity index (χ4v) is 1.61. The Labute approximate surface area is 120 Å². The van der Waals surface area contributed by atoms with Crippen LogP contribution in [0, 0.1) is 6.92 Å². The number of aryl methyl sites for hydroxylation is 1. The lowest BCUT2D eigenvalue weighted by atomic mass is 10.3. The first-order valence-electron chi connectivity index (χ1n) is 7.13. The fraction of sp³-hybridized carbons (Fsp3) is 0.600.